The number of benzene rings is 2. The van der Waals surface area contributed by atoms with Gasteiger partial charge in [0.2, 0.25) is 5.95 Å². The van der Waals surface area contributed by atoms with Crippen LogP contribution in [0.2, 0.25) is 0 Å². The molecule has 9 heteroatoms. The molecule has 1 unspecified atom stereocenters. The number of ether oxygens (including phenoxy) is 3. The van der Waals surface area contributed by atoms with Gasteiger partial charge in [-0.2, -0.15) is 0 Å². The van der Waals surface area contributed by atoms with E-state index in [1.54, 1.807) is 19.1 Å². The summed E-state index contributed by atoms with van der Waals surface area (Å²) in [6.45, 7) is 1.89. The van der Waals surface area contributed by atoms with Crippen molar-refractivity contribution in [1.82, 2.24) is 9.97 Å². The fourth-order valence-electron chi connectivity index (χ4n) is 3.35. The average Bonchev–Trinajstić information content (AvgIpc) is 2.76. The summed E-state index contributed by atoms with van der Waals surface area (Å²) in [7, 11) is 4.89. The molecule has 0 aliphatic carbocycles. The predicted molar refractivity (Wildman–Crippen MR) is 117 cm³/mol. The van der Waals surface area contributed by atoms with Crippen LogP contribution in [0.4, 0.5) is 5.95 Å². The second kappa shape index (κ2) is 9.67. The monoisotopic (exact) mass is 429 g/mol. The highest BCUT2D eigenvalue weighted by Gasteiger charge is 2.17. The Balaban J connectivity index is 1.88. The highest BCUT2D eigenvalue weighted by atomic mass is 16.5. The molecule has 0 aliphatic heterocycles. The average molecular weight is 429 g/mol. The first-order valence-corrected chi connectivity index (χ1v) is 9.75. The van der Waals surface area contributed by atoms with E-state index in [4.69, 9.17) is 19.3 Å². The number of nitrogens with zero attached hydrogens (tertiary/aromatic N) is 2. The van der Waals surface area contributed by atoms with Crippen molar-refractivity contribution in [3.8, 4) is 17.2 Å². The van der Waals surface area contributed by atoms with Gasteiger partial charge in [0, 0.05) is 25.2 Å². The number of hydrogen-bond acceptors (Lipinski definition) is 8. The van der Waals surface area contributed by atoms with Crippen molar-refractivity contribution in [2.75, 3.05) is 39.4 Å². The maximum Gasteiger partial charge on any atom is 0.260 e. The van der Waals surface area contributed by atoms with E-state index in [1.807, 2.05) is 30.1 Å². The summed E-state index contributed by atoms with van der Waals surface area (Å²) in [6, 6.07) is 9.04. The third kappa shape index (κ3) is 4.89. The predicted octanol–water partition coefficient (Wildman–Crippen LogP) is 1.62. The molecule has 0 fully saturated rings. The van der Waals surface area contributed by atoms with Crippen LogP contribution in [0.1, 0.15) is 11.1 Å². The van der Waals surface area contributed by atoms with Gasteiger partial charge in [0.1, 0.15) is 18.5 Å². The molecular weight excluding hydrogens is 402 g/mol. The summed E-state index contributed by atoms with van der Waals surface area (Å²) in [5.41, 5.74) is 1.83. The minimum Gasteiger partial charge on any atom is -0.493 e. The zero-order valence-electron chi connectivity index (χ0n) is 18.0. The van der Waals surface area contributed by atoms with E-state index in [1.165, 1.54) is 14.2 Å². The Labute approximate surface area is 179 Å². The number of aromatic amines is 1. The van der Waals surface area contributed by atoms with Gasteiger partial charge in [-0.1, -0.05) is 12.1 Å². The fraction of sp³-hybridized carbons (Fsp3) is 0.364. The molecule has 2 aromatic carbocycles. The molecule has 0 radical (unpaired) electrons. The molecule has 0 spiro atoms. The van der Waals surface area contributed by atoms with Crippen LogP contribution in [-0.2, 0) is 6.54 Å². The van der Waals surface area contributed by atoms with E-state index in [0.29, 0.717) is 46.2 Å². The van der Waals surface area contributed by atoms with Gasteiger partial charge in [0.25, 0.3) is 5.56 Å². The highest BCUT2D eigenvalue weighted by molar-refractivity contribution is 5.86. The van der Waals surface area contributed by atoms with Crippen molar-refractivity contribution in [3.05, 3.63) is 51.8 Å². The SMILES string of the molecule is COc1cc2nc(N(C)Cc3cccc(OCC(O)CO)c3)[nH]c(=O)c2c(C)c1OC. The number of anilines is 1. The summed E-state index contributed by atoms with van der Waals surface area (Å²) in [5.74, 6) is 2.00. The van der Waals surface area contributed by atoms with Gasteiger partial charge in [-0.25, -0.2) is 4.98 Å². The number of methoxy groups -OCH3 is 2. The van der Waals surface area contributed by atoms with E-state index in [0.717, 1.165) is 5.56 Å². The first kappa shape index (κ1) is 22.4. The topological polar surface area (TPSA) is 117 Å². The number of nitrogens with one attached hydrogen (secondary N) is 1. The van der Waals surface area contributed by atoms with Crippen LogP contribution in [0.5, 0.6) is 17.2 Å². The van der Waals surface area contributed by atoms with Gasteiger partial charge in [0.05, 0.1) is 31.7 Å². The summed E-state index contributed by atoms with van der Waals surface area (Å²) in [6.07, 6.45) is -0.933. The van der Waals surface area contributed by atoms with E-state index >= 15 is 0 Å². The normalized spacial score (nSPS) is 11.9. The van der Waals surface area contributed by atoms with Gasteiger partial charge in [0.15, 0.2) is 11.5 Å². The highest BCUT2D eigenvalue weighted by Crippen LogP contribution is 2.35. The maximum absolute atomic E-state index is 12.8. The van der Waals surface area contributed by atoms with Crippen LogP contribution in [0.25, 0.3) is 10.9 Å². The standard InChI is InChI=1S/C22H27N3O6/c1-13-19-17(9-18(29-3)20(13)30-4)23-22(24-21(19)28)25(2)10-14-6-5-7-16(8-14)31-12-15(27)11-26/h5-9,15,26-27H,10-12H2,1-4H3,(H,23,24,28). The molecule has 31 heavy (non-hydrogen) atoms. The van der Waals surface area contributed by atoms with Crippen molar-refractivity contribution in [2.45, 2.75) is 19.6 Å². The molecule has 166 valence electrons. The minimum absolute atomic E-state index is 0.0000111. The van der Waals surface area contributed by atoms with Crippen molar-refractivity contribution >= 4 is 16.9 Å². The van der Waals surface area contributed by atoms with Crippen LogP contribution in [0.15, 0.2) is 35.1 Å². The van der Waals surface area contributed by atoms with Gasteiger partial charge in [-0.15, -0.1) is 0 Å². The number of aliphatic hydroxyl groups excluding tert-OH is 2. The molecule has 0 amide bonds. The Morgan fingerprint density at radius 1 is 1.23 bits per heavy atom. The van der Waals surface area contributed by atoms with Gasteiger partial charge in [-0.3, -0.25) is 9.78 Å². The van der Waals surface area contributed by atoms with E-state index < -0.39 is 6.10 Å². The summed E-state index contributed by atoms with van der Waals surface area (Å²) < 4.78 is 16.3. The Kier molecular flexibility index (Phi) is 6.98. The van der Waals surface area contributed by atoms with E-state index in [2.05, 4.69) is 9.97 Å². The molecule has 0 aliphatic rings. The molecule has 1 heterocycles. The van der Waals surface area contributed by atoms with Gasteiger partial charge in [-0.05, 0) is 24.6 Å². The van der Waals surface area contributed by atoms with Gasteiger partial charge >= 0.3 is 0 Å². The first-order valence-electron chi connectivity index (χ1n) is 9.75. The number of aliphatic hydroxyl groups is 2. The van der Waals surface area contributed by atoms with Crippen LogP contribution in [0, 0.1) is 6.92 Å². The Morgan fingerprint density at radius 3 is 2.68 bits per heavy atom. The molecule has 0 bridgehead atoms. The van der Waals surface area contributed by atoms with E-state index in [9.17, 15) is 9.90 Å². The second-order valence-corrected chi connectivity index (χ2v) is 7.17. The molecule has 1 atom stereocenters. The lowest BCUT2D eigenvalue weighted by molar-refractivity contribution is 0.0536. The number of aromatic nitrogens is 2. The zero-order chi connectivity index (χ0) is 22.5. The first-order chi connectivity index (χ1) is 14.9. The number of rotatable bonds is 9. The van der Waals surface area contributed by atoms with Crippen molar-refractivity contribution in [2.24, 2.45) is 0 Å². The lowest BCUT2D eigenvalue weighted by Crippen LogP contribution is -2.23. The lowest BCUT2D eigenvalue weighted by atomic mass is 10.1. The number of fused-ring (bicyclic) bond motifs is 1. The number of H-pyrrole nitrogens is 1. The third-order valence-electron chi connectivity index (χ3n) is 4.90. The summed E-state index contributed by atoms with van der Waals surface area (Å²) in [4.78, 5) is 22.1. The molecule has 1 aromatic heterocycles. The smallest absolute Gasteiger partial charge is 0.260 e. The number of hydrogen-bond donors (Lipinski definition) is 3. The zero-order valence-corrected chi connectivity index (χ0v) is 18.0. The second-order valence-electron chi connectivity index (χ2n) is 7.17. The molecule has 3 rings (SSSR count). The van der Waals surface area contributed by atoms with E-state index in [-0.39, 0.29) is 18.8 Å². The Hall–Kier alpha value is -3.30. The van der Waals surface area contributed by atoms with Crippen LogP contribution >= 0.6 is 0 Å². The Bertz CT molecular complexity index is 1110. The third-order valence-corrected chi connectivity index (χ3v) is 4.90. The van der Waals surface area contributed by atoms with Crippen molar-refractivity contribution < 1.29 is 24.4 Å². The molecule has 0 saturated heterocycles. The minimum atomic E-state index is -0.933. The molecule has 9 nitrogen and oxygen atoms in total. The van der Waals surface area contributed by atoms with Gasteiger partial charge < -0.3 is 29.3 Å². The largest absolute Gasteiger partial charge is 0.493 e. The van der Waals surface area contributed by atoms with Crippen LogP contribution in [0.3, 0.4) is 0 Å². The quantitative estimate of drug-likeness (QED) is 0.470. The maximum atomic E-state index is 12.8. The molecular formula is C22H27N3O6. The summed E-state index contributed by atoms with van der Waals surface area (Å²) in [5, 5.41) is 18.8. The Morgan fingerprint density at radius 2 is 2.00 bits per heavy atom. The number of aryl methyl sites for hydroxylation is 1. The molecule has 3 aromatic rings. The lowest BCUT2D eigenvalue weighted by Gasteiger charge is -2.19. The van der Waals surface area contributed by atoms with Crippen LogP contribution in [-0.4, -0.2) is 60.8 Å². The molecule has 0 saturated carbocycles. The molecule has 3 N–H and O–H groups in total. The van der Waals surface area contributed by atoms with Crippen molar-refractivity contribution in [1.29, 1.82) is 0 Å². The van der Waals surface area contributed by atoms with Crippen molar-refractivity contribution in [3.63, 3.8) is 0 Å². The summed E-state index contributed by atoms with van der Waals surface area (Å²) >= 11 is 0. The van der Waals surface area contributed by atoms with Crippen LogP contribution < -0.4 is 24.7 Å². The fourth-order valence-corrected chi connectivity index (χ4v) is 3.35.